The molecule has 0 saturated carbocycles. The van der Waals surface area contributed by atoms with Crippen LogP contribution in [0.2, 0.25) is 0 Å². The van der Waals surface area contributed by atoms with E-state index >= 15 is 0 Å². The van der Waals surface area contributed by atoms with Crippen molar-refractivity contribution in [1.29, 1.82) is 0 Å². The first-order chi connectivity index (χ1) is 6.24. The number of aliphatic hydroxyl groups is 1. The van der Waals surface area contributed by atoms with Gasteiger partial charge in [0.1, 0.15) is 0 Å². The second-order valence-electron chi connectivity index (χ2n) is 3.27. The smallest absolute Gasteiger partial charge is 0.0735 e. The molecule has 0 aliphatic rings. The molecule has 72 valence electrons. The Morgan fingerprint density at radius 3 is 2.46 bits per heavy atom. The van der Waals surface area contributed by atoms with Gasteiger partial charge in [-0.15, -0.1) is 0 Å². The number of aliphatic hydroxyl groups excluding tert-OH is 1. The Balaban J connectivity index is 2.50. The lowest BCUT2D eigenvalue weighted by Crippen LogP contribution is -2.29. The predicted molar refractivity (Wildman–Crippen MR) is 55.8 cm³/mol. The largest absolute Gasteiger partial charge is 0.391 e. The van der Waals surface area contributed by atoms with Gasteiger partial charge in [-0.1, -0.05) is 25.1 Å². The Hall–Kier alpha value is -1.02. The van der Waals surface area contributed by atoms with Crippen molar-refractivity contribution in [2.45, 2.75) is 32.4 Å². The van der Waals surface area contributed by atoms with Crippen LogP contribution in [0.5, 0.6) is 0 Å². The first-order valence-corrected chi connectivity index (χ1v) is 4.73. The second-order valence-corrected chi connectivity index (χ2v) is 3.27. The van der Waals surface area contributed by atoms with Crippen molar-refractivity contribution in [2.24, 2.45) is 0 Å². The van der Waals surface area contributed by atoms with Crippen LogP contribution in [-0.2, 0) is 0 Å². The molecule has 0 fully saturated rings. The maximum absolute atomic E-state index is 9.53. The monoisotopic (exact) mass is 179 g/mol. The van der Waals surface area contributed by atoms with Gasteiger partial charge in [-0.05, 0) is 25.5 Å². The highest BCUT2D eigenvalue weighted by Gasteiger charge is 2.10. The SMILES string of the molecule is CC[C@@H](O)[C@@H](C)Nc1ccccc1. The van der Waals surface area contributed by atoms with Gasteiger partial charge in [0.05, 0.1) is 6.10 Å². The minimum absolute atomic E-state index is 0.104. The number of anilines is 1. The summed E-state index contributed by atoms with van der Waals surface area (Å²) in [6.45, 7) is 3.97. The molecule has 0 amide bonds. The molecule has 0 radical (unpaired) electrons. The highest BCUT2D eigenvalue weighted by molar-refractivity contribution is 5.43. The highest BCUT2D eigenvalue weighted by Crippen LogP contribution is 2.09. The van der Waals surface area contributed by atoms with Gasteiger partial charge >= 0.3 is 0 Å². The number of nitrogens with one attached hydrogen (secondary N) is 1. The van der Waals surface area contributed by atoms with E-state index in [1.807, 2.05) is 44.2 Å². The first kappa shape index (κ1) is 10.1. The lowest BCUT2D eigenvalue weighted by atomic mass is 10.1. The summed E-state index contributed by atoms with van der Waals surface area (Å²) in [5, 5.41) is 12.8. The van der Waals surface area contributed by atoms with Crippen molar-refractivity contribution in [2.75, 3.05) is 5.32 Å². The fourth-order valence-corrected chi connectivity index (χ4v) is 1.25. The zero-order valence-electron chi connectivity index (χ0n) is 8.20. The third-order valence-corrected chi connectivity index (χ3v) is 2.16. The van der Waals surface area contributed by atoms with Crippen LogP contribution in [0.4, 0.5) is 5.69 Å². The average molecular weight is 179 g/mol. The van der Waals surface area contributed by atoms with Gasteiger partial charge in [0.25, 0.3) is 0 Å². The molecule has 2 heteroatoms. The minimum Gasteiger partial charge on any atom is -0.391 e. The van der Waals surface area contributed by atoms with E-state index in [9.17, 15) is 5.11 Å². The molecule has 1 aromatic carbocycles. The van der Waals surface area contributed by atoms with Crippen molar-refractivity contribution in [1.82, 2.24) is 0 Å². The molecule has 0 heterocycles. The molecule has 0 saturated heterocycles. The highest BCUT2D eigenvalue weighted by atomic mass is 16.3. The van der Waals surface area contributed by atoms with Crippen LogP contribution < -0.4 is 5.32 Å². The summed E-state index contributed by atoms with van der Waals surface area (Å²) in [4.78, 5) is 0. The van der Waals surface area contributed by atoms with Gasteiger partial charge in [0.2, 0.25) is 0 Å². The number of para-hydroxylation sites is 1. The molecule has 0 bridgehead atoms. The van der Waals surface area contributed by atoms with Crippen LogP contribution in [-0.4, -0.2) is 17.3 Å². The maximum Gasteiger partial charge on any atom is 0.0735 e. The van der Waals surface area contributed by atoms with E-state index in [-0.39, 0.29) is 12.1 Å². The lowest BCUT2D eigenvalue weighted by molar-refractivity contribution is 0.154. The maximum atomic E-state index is 9.53. The van der Waals surface area contributed by atoms with Gasteiger partial charge in [-0.2, -0.15) is 0 Å². The van der Waals surface area contributed by atoms with Crippen LogP contribution in [0, 0.1) is 0 Å². The molecule has 2 nitrogen and oxygen atoms in total. The summed E-state index contributed by atoms with van der Waals surface area (Å²) in [6, 6.07) is 10.0. The Kier molecular flexibility index (Phi) is 3.77. The molecule has 0 spiro atoms. The van der Waals surface area contributed by atoms with Crippen LogP contribution in [0.1, 0.15) is 20.3 Å². The quantitative estimate of drug-likeness (QED) is 0.743. The molecule has 1 rings (SSSR count). The summed E-state index contributed by atoms with van der Waals surface area (Å²) in [5.41, 5.74) is 1.06. The van der Waals surface area contributed by atoms with Crippen molar-refractivity contribution in [3.8, 4) is 0 Å². The third-order valence-electron chi connectivity index (χ3n) is 2.16. The Morgan fingerprint density at radius 1 is 1.31 bits per heavy atom. The van der Waals surface area contributed by atoms with E-state index in [2.05, 4.69) is 5.32 Å². The zero-order valence-corrected chi connectivity index (χ0v) is 8.20. The van der Waals surface area contributed by atoms with E-state index in [1.54, 1.807) is 0 Å². The minimum atomic E-state index is -0.278. The molecule has 0 aliphatic heterocycles. The van der Waals surface area contributed by atoms with Crippen molar-refractivity contribution in [3.63, 3.8) is 0 Å². The molecule has 2 N–H and O–H groups in total. The summed E-state index contributed by atoms with van der Waals surface area (Å²) in [5.74, 6) is 0. The number of benzene rings is 1. The van der Waals surface area contributed by atoms with Crippen LogP contribution in [0.25, 0.3) is 0 Å². The van der Waals surface area contributed by atoms with Gasteiger partial charge in [-0.25, -0.2) is 0 Å². The molecule has 13 heavy (non-hydrogen) atoms. The molecule has 0 aromatic heterocycles. The number of hydrogen-bond acceptors (Lipinski definition) is 2. The topological polar surface area (TPSA) is 32.3 Å². The van der Waals surface area contributed by atoms with Gasteiger partial charge in [0.15, 0.2) is 0 Å². The normalized spacial score (nSPS) is 15.0. The van der Waals surface area contributed by atoms with Crippen molar-refractivity contribution < 1.29 is 5.11 Å². The molecule has 2 atom stereocenters. The van der Waals surface area contributed by atoms with Gasteiger partial charge in [-0.3, -0.25) is 0 Å². The van der Waals surface area contributed by atoms with Crippen molar-refractivity contribution >= 4 is 5.69 Å². The average Bonchev–Trinajstić information content (AvgIpc) is 2.18. The fourth-order valence-electron chi connectivity index (χ4n) is 1.25. The molecule has 0 unspecified atom stereocenters. The van der Waals surface area contributed by atoms with Crippen LogP contribution in [0.15, 0.2) is 30.3 Å². The van der Waals surface area contributed by atoms with Gasteiger partial charge < -0.3 is 10.4 Å². The number of rotatable bonds is 4. The Morgan fingerprint density at radius 2 is 1.92 bits per heavy atom. The van der Waals surface area contributed by atoms with E-state index in [1.165, 1.54) is 0 Å². The molecular formula is C11H17NO. The summed E-state index contributed by atoms with van der Waals surface area (Å²) in [7, 11) is 0. The second kappa shape index (κ2) is 4.87. The standard InChI is InChI=1S/C11H17NO/c1-3-11(13)9(2)12-10-7-5-4-6-8-10/h4-9,11-13H,3H2,1-2H3/t9-,11-/m1/s1. The Bertz CT molecular complexity index is 235. The van der Waals surface area contributed by atoms with Gasteiger partial charge in [0, 0.05) is 11.7 Å². The van der Waals surface area contributed by atoms with E-state index < -0.39 is 0 Å². The Labute approximate surface area is 79.6 Å². The number of hydrogen-bond donors (Lipinski definition) is 2. The molecule has 1 aromatic rings. The third kappa shape index (κ3) is 3.07. The molecular weight excluding hydrogens is 162 g/mol. The zero-order chi connectivity index (χ0) is 9.68. The first-order valence-electron chi connectivity index (χ1n) is 4.73. The van der Waals surface area contributed by atoms with E-state index in [0.717, 1.165) is 12.1 Å². The van der Waals surface area contributed by atoms with Crippen LogP contribution in [0.3, 0.4) is 0 Å². The van der Waals surface area contributed by atoms with Crippen LogP contribution >= 0.6 is 0 Å². The fraction of sp³-hybridized carbons (Fsp3) is 0.455. The van der Waals surface area contributed by atoms with Crippen molar-refractivity contribution in [3.05, 3.63) is 30.3 Å². The van der Waals surface area contributed by atoms with E-state index in [4.69, 9.17) is 0 Å². The summed E-state index contributed by atoms with van der Waals surface area (Å²) >= 11 is 0. The predicted octanol–water partition coefficient (Wildman–Crippen LogP) is 2.26. The molecule has 0 aliphatic carbocycles. The summed E-state index contributed by atoms with van der Waals surface area (Å²) < 4.78 is 0. The van der Waals surface area contributed by atoms with E-state index in [0.29, 0.717) is 0 Å². The lowest BCUT2D eigenvalue weighted by Gasteiger charge is -2.19. The summed E-state index contributed by atoms with van der Waals surface area (Å²) in [6.07, 6.45) is 0.501.